The molecule has 5 rings (SSSR count). The quantitative estimate of drug-likeness (QED) is 0.355. The predicted octanol–water partition coefficient (Wildman–Crippen LogP) is 7.78. The molecular formula is C30H26O2. The lowest BCUT2D eigenvalue weighted by atomic mass is 9.80. The van der Waals surface area contributed by atoms with Crippen LogP contribution >= 0.6 is 0 Å². The molecule has 0 saturated carbocycles. The highest BCUT2D eigenvalue weighted by Gasteiger charge is 2.20. The summed E-state index contributed by atoms with van der Waals surface area (Å²) in [4.78, 5) is 0. The zero-order chi connectivity index (χ0) is 21.9. The second-order valence-corrected chi connectivity index (χ2v) is 8.45. The Morgan fingerprint density at radius 1 is 0.594 bits per heavy atom. The lowest BCUT2D eigenvalue weighted by Gasteiger charge is -2.25. The molecule has 0 amide bonds. The molecular weight excluding hydrogens is 392 g/mol. The minimum absolute atomic E-state index is 0.305. The van der Waals surface area contributed by atoms with E-state index in [0.717, 1.165) is 47.1 Å². The second kappa shape index (κ2) is 8.76. The molecule has 1 aliphatic carbocycles. The maximum absolute atomic E-state index is 10.4. The summed E-state index contributed by atoms with van der Waals surface area (Å²) >= 11 is 0. The predicted molar refractivity (Wildman–Crippen MR) is 132 cm³/mol. The SMILES string of the molecule is Oc1ccc(C2=CCCC(c3ccc(O)c(-c4ccccc4)c3)C2)cc1-c1ccccc1. The van der Waals surface area contributed by atoms with Gasteiger partial charge in [-0.2, -0.15) is 0 Å². The summed E-state index contributed by atoms with van der Waals surface area (Å²) in [5, 5.41) is 20.9. The third-order valence-electron chi connectivity index (χ3n) is 6.40. The van der Waals surface area contributed by atoms with E-state index in [4.69, 9.17) is 0 Å². The fraction of sp³-hybridized carbons (Fsp3) is 0.133. The highest BCUT2D eigenvalue weighted by Crippen LogP contribution is 2.41. The van der Waals surface area contributed by atoms with E-state index in [-0.39, 0.29) is 0 Å². The molecule has 0 aliphatic heterocycles. The fourth-order valence-electron chi connectivity index (χ4n) is 4.67. The van der Waals surface area contributed by atoms with Gasteiger partial charge in [0, 0.05) is 11.1 Å². The van der Waals surface area contributed by atoms with Crippen LogP contribution in [0.5, 0.6) is 11.5 Å². The first-order chi connectivity index (χ1) is 15.7. The molecule has 0 heterocycles. The maximum Gasteiger partial charge on any atom is 0.123 e. The summed E-state index contributed by atoms with van der Waals surface area (Å²) in [6, 6.07) is 32.0. The van der Waals surface area contributed by atoms with Crippen LogP contribution in [0.15, 0.2) is 103 Å². The van der Waals surface area contributed by atoms with Crippen LogP contribution < -0.4 is 0 Å². The van der Waals surface area contributed by atoms with E-state index in [1.807, 2.05) is 72.8 Å². The average molecular weight is 419 g/mol. The Labute approximate surface area is 189 Å². The summed E-state index contributed by atoms with van der Waals surface area (Å²) < 4.78 is 0. The van der Waals surface area contributed by atoms with E-state index in [9.17, 15) is 10.2 Å². The van der Waals surface area contributed by atoms with Gasteiger partial charge in [-0.3, -0.25) is 0 Å². The molecule has 1 aliphatic rings. The minimum atomic E-state index is 0.305. The van der Waals surface area contributed by atoms with Crippen molar-refractivity contribution in [3.8, 4) is 33.8 Å². The van der Waals surface area contributed by atoms with Crippen molar-refractivity contribution >= 4 is 5.57 Å². The summed E-state index contributed by atoms with van der Waals surface area (Å²) in [6.07, 6.45) is 5.38. The molecule has 0 saturated heterocycles. The highest BCUT2D eigenvalue weighted by atomic mass is 16.3. The zero-order valence-electron chi connectivity index (χ0n) is 17.9. The van der Waals surface area contributed by atoms with E-state index < -0.39 is 0 Å². The molecule has 0 spiro atoms. The van der Waals surface area contributed by atoms with Crippen molar-refractivity contribution in [2.24, 2.45) is 0 Å². The van der Waals surface area contributed by atoms with Crippen molar-refractivity contribution in [2.75, 3.05) is 0 Å². The number of phenols is 2. The first-order valence-electron chi connectivity index (χ1n) is 11.2. The molecule has 1 atom stereocenters. The summed E-state index contributed by atoms with van der Waals surface area (Å²) in [7, 11) is 0. The number of hydrogen-bond donors (Lipinski definition) is 2. The number of allylic oxidation sites excluding steroid dienone is 2. The molecule has 4 aromatic carbocycles. The number of phenolic OH excluding ortho intramolecular Hbond substituents is 2. The molecule has 0 aromatic heterocycles. The van der Waals surface area contributed by atoms with Crippen LogP contribution in [0.2, 0.25) is 0 Å². The Bertz CT molecular complexity index is 1260. The molecule has 1 unspecified atom stereocenters. The Kier molecular flexibility index (Phi) is 5.51. The van der Waals surface area contributed by atoms with Crippen molar-refractivity contribution in [3.05, 3.63) is 114 Å². The van der Waals surface area contributed by atoms with Crippen molar-refractivity contribution in [3.63, 3.8) is 0 Å². The number of benzene rings is 4. The monoisotopic (exact) mass is 418 g/mol. The molecule has 2 heteroatoms. The number of hydrogen-bond acceptors (Lipinski definition) is 2. The molecule has 0 bridgehead atoms. The van der Waals surface area contributed by atoms with E-state index in [1.165, 1.54) is 11.1 Å². The van der Waals surface area contributed by atoms with Crippen molar-refractivity contribution in [2.45, 2.75) is 25.2 Å². The Balaban J connectivity index is 1.44. The third-order valence-corrected chi connectivity index (χ3v) is 6.40. The molecule has 158 valence electrons. The molecule has 4 aromatic rings. The minimum Gasteiger partial charge on any atom is -0.507 e. The third kappa shape index (κ3) is 4.04. The molecule has 2 N–H and O–H groups in total. The van der Waals surface area contributed by atoms with E-state index >= 15 is 0 Å². The topological polar surface area (TPSA) is 40.5 Å². The van der Waals surface area contributed by atoms with Gasteiger partial charge >= 0.3 is 0 Å². The fourth-order valence-corrected chi connectivity index (χ4v) is 4.67. The normalized spacial score (nSPS) is 15.9. The van der Waals surface area contributed by atoms with Gasteiger partial charge in [0.1, 0.15) is 11.5 Å². The standard InChI is InChI=1S/C30H26O2/c31-29-16-14-25(19-27(29)21-8-3-1-4-9-21)23-12-7-13-24(18-23)26-15-17-30(32)28(20-26)22-10-5-2-6-11-22/h1-6,8-12,14-17,19-20,24,31-32H,7,13,18H2. The Morgan fingerprint density at radius 2 is 1.19 bits per heavy atom. The molecule has 2 nitrogen and oxygen atoms in total. The van der Waals surface area contributed by atoms with Crippen LogP contribution in [0.4, 0.5) is 0 Å². The Morgan fingerprint density at radius 3 is 1.84 bits per heavy atom. The van der Waals surface area contributed by atoms with Crippen molar-refractivity contribution < 1.29 is 10.2 Å². The van der Waals surface area contributed by atoms with Gasteiger partial charge in [-0.1, -0.05) is 78.9 Å². The van der Waals surface area contributed by atoms with Crippen LogP contribution in [0.1, 0.15) is 36.3 Å². The summed E-state index contributed by atoms with van der Waals surface area (Å²) in [5.41, 5.74) is 7.53. The lowest BCUT2D eigenvalue weighted by molar-refractivity contribution is 0.476. The first-order valence-corrected chi connectivity index (χ1v) is 11.2. The van der Waals surface area contributed by atoms with Gasteiger partial charge in [-0.05, 0) is 77.3 Å². The lowest BCUT2D eigenvalue weighted by Crippen LogP contribution is -2.05. The zero-order valence-corrected chi connectivity index (χ0v) is 17.9. The van der Waals surface area contributed by atoms with E-state index in [2.05, 4.69) is 24.3 Å². The van der Waals surface area contributed by atoms with Gasteiger partial charge < -0.3 is 10.2 Å². The largest absolute Gasteiger partial charge is 0.507 e. The molecule has 32 heavy (non-hydrogen) atoms. The van der Waals surface area contributed by atoms with Gasteiger partial charge in [0.25, 0.3) is 0 Å². The van der Waals surface area contributed by atoms with Gasteiger partial charge in [0.2, 0.25) is 0 Å². The second-order valence-electron chi connectivity index (χ2n) is 8.45. The van der Waals surface area contributed by atoms with Gasteiger partial charge in [-0.25, -0.2) is 0 Å². The first kappa shape index (κ1) is 20.1. The van der Waals surface area contributed by atoms with Crippen LogP contribution in [-0.2, 0) is 0 Å². The van der Waals surface area contributed by atoms with Crippen molar-refractivity contribution in [1.82, 2.24) is 0 Å². The number of rotatable bonds is 4. The Hall–Kier alpha value is -3.78. The smallest absolute Gasteiger partial charge is 0.123 e. The van der Waals surface area contributed by atoms with Gasteiger partial charge in [-0.15, -0.1) is 0 Å². The van der Waals surface area contributed by atoms with E-state index in [0.29, 0.717) is 17.4 Å². The van der Waals surface area contributed by atoms with Crippen molar-refractivity contribution in [1.29, 1.82) is 0 Å². The van der Waals surface area contributed by atoms with E-state index in [1.54, 1.807) is 6.07 Å². The van der Waals surface area contributed by atoms with Crippen LogP contribution in [0, 0.1) is 0 Å². The number of aromatic hydroxyl groups is 2. The highest BCUT2D eigenvalue weighted by molar-refractivity contribution is 5.77. The summed E-state index contributed by atoms with van der Waals surface area (Å²) in [6.45, 7) is 0. The van der Waals surface area contributed by atoms with Gasteiger partial charge in [0.05, 0.1) is 0 Å². The van der Waals surface area contributed by atoms with Crippen LogP contribution in [0.3, 0.4) is 0 Å². The van der Waals surface area contributed by atoms with Gasteiger partial charge in [0.15, 0.2) is 0 Å². The average Bonchev–Trinajstić information content (AvgIpc) is 2.86. The molecule has 0 fully saturated rings. The molecule has 0 radical (unpaired) electrons. The summed E-state index contributed by atoms with van der Waals surface area (Å²) in [5.74, 6) is 1.02. The maximum atomic E-state index is 10.4. The van der Waals surface area contributed by atoms with Crippen LogP contribution in [0.25, 0.3) is 27.8 Å². The van der Waals surface area contributed by atoms with Crippen LogP contribution in [-0.4, -0.2) is 10.2 Å².